The van der Waals surface area contributed by atoms with Gasteiger partial charge in [-0.3, -0.25) is 14.2 Å². The molecule has 1 N–H and O–H groups in total. The van der Waals surface area contributed by atoms with E-state index in [-0.39, 0.29) is 30.2 Å². The second-order valence-electron chi connectivity index (χ2n) is 5.57. The summed E-state index contributed by atoms with van der Waals surface area (Å²) in [7, 11) is -3.14. The smallest absolute Gasteiger partial charge is 0.263 e. The maximum absolute atomic E-state index is 12.8. The lowest BCUT2D eigenvalue weighted by Crippen LogP contribution is -2.35. The molecule has 3 rings (SSSR count). The first kappa shape index (κ1) is 18.7. The Morgan fingerprint density at radius 1 is 1.35 bits per heavy atom. The molecule has 0 saturated carbocycles. The summed E-state index contributed by atoms with van der Waals surface area (Å²) in [5.41, 5.74) is 0.539. The van der Waals surface area contributed by atoms with Crippen molar-refractivity contribution >= 4 is 48.6 Å². The van der Waals surface area contributed by atoms with Gasteiger partial charge in [0.25, 0.3) is 5.56 Å². The number of nitrogens with one attached hydrogen (secondary N) is 1. The molecule has 0 aliphatic carbocycles. The Labute approximate surface area is 158 Å². The van der Waals surface area contributed by atoms with Crippen LogP contribution in [0.4, 0.5) is 0 Å². The molecule has 3 aromatic rings. The van der Waals surface area contributed by atoms with Crippen molar-refractivity contribution in [1.82, 2.24) is 14.9 Å². The van der Waals surface area contributed by atoms with Crippen molar-refractivity contribution in [3.05, 3.63) is 39.6 Å². The number of hydrogen-bond acceptors (Lipinski definition) is 7. The van der Waals surface area contributed by atoms with Gasteiger partial charge in [-0.15, -0.1) is 22.7 Å². The van der Waals surface area contributed by atoms with Crippen LogP contribution >= 0.6 is 22.7 Å². The normalized spacial score (nSPS) is 11.7. The molecule has 3 heterocycles. The third-order valence-electron chi connectivity index (χ3n) is 3.84. The van der Waals surface area contributed by atoms with Crippen LogP contribution in [0, 0.1) is 0 Å². The van der Waals surface area contributed by atoms with Gasteiger partial charge >= 0.3 is 0 Å². The average molecular weight is 412 g/mol. The maximum atomic E-state index is 12.8. The van der Waals surface area contributed by atoms with Gasteiger partial charge in [0, 0.05) is 28.1 Å². The summed E-state index contributed by atoms with van der Waals surface area (Å²) < 4.78 is 24.1. The minimum absolute atomic E-state index is 0.0261. The standard InChI is InChI=1S/C16H17N3O4S3/c1-2-26(22,23)7-5-17-13(20)8-19-10-18-15-14(16(19)21)11(9-25-15)12-4-3-6-24-12/h3-4,6,9-10H,2,5,7-8H2,1H3,(H,17,20). The van der Waals surface area contributed by atoms with Gasteiger partial charge in [-0.1, -0.05) is 13.0 Å². The summed E-state index contributed by atoms with van der Waals surface area (Å²) in [6.07, 6.45) is 1.35. The number of nitrogens with zero attached hydrogens (tertiary/aromatic N) is 2. The molecule has 10 heteroatoms. The first-order chi connectivity index (χ1) is 12.4. The molecule has 0 aliphatic rings. The molecule has 3 aromatic heterocycles. The maximum Gasteiger partial charge on any atom is 0.263 e. The fourth-order valence-electron chi connectivity index (χ4n) is 2.39. The van der Waals surface area contributed by atoms with E-state index in [1.807, 2.05) is 22.9 Å². The van der Waals surface area contributed by atoms with Gasteiger partial charge in [0.15, 0.2) is 9.84 Å². The van der Waals surface area contributed by atoms with E-state index < -0.39 is 15.7 Å². The Morgan fingerprint density at radius 3 is 2.85 bits per heavy atom. The van der Waals surface area contributed by atoms with Gasteiger partial charge in [0.2, 0.25) is 5.91 Å². The van der Waals surface area contributed by atoms with Gasteiger partial charge in [-0.2, -0.15) is 0 Å². The zero-order chi connectivity index (χ0) is 18.7. The van der Waals surface area contributed by atoms with Gasteiger partial charge in [-0.25, -0.2) is 13.4 Å². The molecule has 0 aliphatic heterocycles. The Kier molecular flexibility index (Phi) is 5.54. The Morgan fingerprint density at radius 2 is 2.15 bits per heavy atom. The van der Waals surface area contributed by atoms with Crippen molar-refractivity contribution in [3.63, 3.8) is 0 Å². The first-order valence-corrected chi connectivity index (χ1v) is 11.5. The molecule has 0 unspecified atom stereocenters. The van der Waals surface area contributed by atoms with Crippen LogP contribution in [0.5, 0.6) is 0 Å². The molecule has 138 valence electrons. The second-order valence-corrected chi connectivity index (χ2v) is 9.85. The van der Waals surface area contributed by atoms with Crippen LogP contribution in [0.15, 0.2) is 34.0 Å². The molecule has 0 saturated heterocycles. The molecule has 0 bridgehead atoms. The fourth-order valence-corrected chi connectivity index (χ4v) is 4.82. The minimum Gasteiger partial charge on any atom is -0.354 e. The molecule has 0 atom stereocenters. The van der Waals surface area contributed by atoms with Crippen molar-refractivity contribution in [1.29, 1.82) is 0 Å². The lowest BCUT2D eigenvalue weighted by atomic mass is 10.2. The van der Waals surface area contributed by atoms with Crippen molar-refractivity contribution in [3.8, 4) is 10.4 Å². The van der Waals surface area contributed by atoms with E-state index in [1.165, 1.54) is 33.6 Å². The van der Waals surface area contributed by atoms with Crippen LogP contribution < -0.4 is 10.9 Å². The fraction of sp³-hybridized carbons (Fsp3) is 0.312. The van der Waals surface area contributed by atoms with E-state index in [0.29, 0.717) is 10.2 Å². The lowest BCUT2D eigenvalue weighted by molar-refractivity contribution is -0.121. The third kappa shape index (κ3) is 4.02. The van der Waals surface area contributed by atoms with Crippen molar-refractivity contribution < 1.29 is 13.2 Å². The lowest BCUT2D eigenvalue weighted by Gasteiger charge is -2.07. The SMILES string of the molecule is CCS(=O)(=O)CCNC(=O)Cn1cnc2scc(-c3cccs3)c2c1=O. The van der Waals surface area contributed by atoms with Crippen LogP contribution in [0.2, 0.25) is 0 Å². The predicted molar refractivity (Wildman–Crippen MR) is 105 cm³/mol. The second kappa shape index (κ2) is 7.68. The van der Waals surface area contributed by atoms with Crippen LogP contribution in [0.25, 0.3) is 20.7 Å². The highest BCUT2D eigenvalue weighted by Gasteiger charge is 2.15. The van der Waals surface area contributed by atoms with E-state index in [1.54, 1.807) is 6.92 Å². The summed E-state index contributed by atoms with van der Waals surface area (Å²) in [6, 6.07) is 3.85. The highest BCUT2D eigenvalue weighted by atomic mass is 32.2. The topological polar surface area (TPSA) is 98.1 Å². The number of fused-ring (bicyclic) bond motifs is 1. The number of hydrogen-bond donors (Lipinski definition) is 1. The Bertz CT molecular complexity index is 1080. The van der Waals surface area contributed by atoms with Crippen LogP contribution in [-0.2, 0) is 21.2 Å². The first-order valence-electron chi connectivity index (χ1n) is 7.89. The molecule has 0 radical (unpaired) electrons. The molecule has 0 spiro atoms. The van der Waals surface area contributed by atoms with E-state index in [9.17, 15) is 18.0 Å². The van der Waals surface area contributed by atoms with Gasteiger partial charge in [-0.05, 0) is 11.4 Å². The van der Waals surface area contributed by atoms with Crippen molar-refractivity contribution in [2.45, 2.75) is 13.5 Å². The number of rotatable bonds is 7. The van der Waals surface area contributed by atoms with Crippen molar-refractivity contribution in [2.75, 3.05) is 18.1 Å². The van der Waals surface area contributed by atoms with E-state index >= 15 is 0 Å². The third-order valence-corrected chi connectivity index (χ3v) is 7.33. The molecule has 1 amide bonds. The van der Waals surface area contributed by atoms with E-state index in [0.717, 1.165) is 10.4 Å². The largest absolute Gasteiger partial charge is 0.354 e. The number of thiophene rings is 2. The van der Waals surface area contributed by atoms with Crippen LogP contribution in [0.3, 0.4) is 0 Å². The Hall–Kier alpha value is -2.04. The summed E-state index contributed by atoms with van der Waals surface area (Å²) >= 11 is 2.92. The summed E-state index contributed by atoms with van der Waals surface area (Å²) in [5, 5.41) is 6.86. The number of carbonyl (C=O) groups excluding carboxylic acids is 1. The van der Waals surface area contributed by atoms with E-state index in [2.05, 4.69) is 10.3 Å². The van der Waals surface area contributed by atoms with Crippen molar-refractivity contribution in [2.24, 2.45) is 0 Å². The minimum atomic E-state index is -3.14. The van der Waals surface area contributed by atoms with Crippen LogP contribution in [-0.4, -0.2) is 41.9 Å². The van der Waals surface area contributed by atoms with Gasteiger partial charge in [0.1, 0.15) is 11.4 Å². The zero-order valence-electron chi connectivity index (χ0n) is 14.0. The zero-order valence-corrected chi connectivity index (χ0v) is 16.4. The summed E-state index contributed by atoms with van der Waals surface area (Å²) in [5.74, 6) is -0.506. The highest BCUT2D eigenvalue weighted by molar-refractivity contribution is 7.91. The number of carbonyl (C=O) groups is 1. The molecular formula is C16H17N3O4S3. The molecule has 26 heavy (non-hydrogen) atoms. The predicted octanol–water partition coefficient (Wildman–Crippen LogP) is 1.74. The molecule has 0 aromatic carbocycles. The van der Waals surface area contributed by atoms with E-state index in [4.69, 9.17) is 0 Å². The molecule has 0 fully saturated rings. The number of sulfone groups is 1. The van der Waals surface area contributed by atoms with Gasteiger partial charge < -0.3 is 5.32 Å². The van der Waals surface area contributed by atoms with Gasteiger partial charge in [0.05, 0.1) is 17.5 Å². The molecule has 7 nitrogen and oxygen atoms in total. The van der Waals surface area contributed by atoms with Crippen LogP contribution in [0.1, 0.15) is 6.92 Å². The molecular weight excluding hydrogens is 394 g/mol. The summed E-state index contributed by atoms with van der Waals surface area (Å²) in [4.78, 5) is 30.7. The monoisotopic (exact) mass is 411 g/mol. The quantitative estimate of drug-likeness (QED) is 0.639. The summed E-state index contributed by atoms with van der Waals surface area (Å²) in [6.45, 7) is 1.38. The number of amides is 1. The highest BCUT2D eigenvalue weighted by Crippen LogP contribution is 2.33. The Balaban J connectivity index is 1.79. The average Bonchev–Trinajstić information content (AvgIpc) is 3.26. The number of aromatic nitrogens is 2.